The van der Waals surface area contributed by atoms with Crippen LogP contribution in [0, 0.1) is 6.92 Å². The van der Waals surface area contributed by atoms with Crippen molar-refractivity contribution in [1.29, 1.82) is 0 Å². The monoisotopic (exact) mass is 204 g/mol. The van der Waals surface area contributed by atoms with Crippen molar-refractivity contribution >= 4 is 35.8 Å². The summed E-state index contributed by atoms with van der Waals surface area (Å²) < 4.78 is 0. The van der Waals surface area contributed by atoms with Gasteiger partial charge in [0.25, 0.3) is 0 Å². The Hall–Kier alpha value is -0.215. The molecule has 0 bridgehead atoms. The van der Waals surface area contributed by atoms with E-state index in [1.165, 1.54) is 12.1 Å². The fourth-order valence-electron chi connectivity index (χ4n) is 0.947. The third-order valence-corrected chi connectivity index (χ3v) is 2.56. The van der Waals surface area contributed by atoms with E-state index < -0.39 is 7.12 Å². The van der Waals surface area contributed by atoms with Crippen molar-refractivity contribution in [2.75, 3.05) is 0 Å². The van der Waals surface area contributed by atoms with Gasteiger partial charge < -0.3 is 10.0 Å². The van der Waals surface area contributed by atoms with Gasteiger partial charge in [-0.15, -0.1) is 0 Å². The van der Waals surface area contributed by atoms with Crippen molar-refractivity contribution in [3.63, 3.8) is 0 Å². The van der Waals surface area contributed by atoms with Crippen LogP contribution in [-0.4, -0.2) is 17.2 Å². The number of halogens is 2. The van der Waals surface area contributed by atoms with Gasteiger partial charge in [-0.1, -0.05) is 29.3 Å². The third-order valence-electron chi connectivity index (χ3n) is 1.66. The largest absolute Gasteiger partial charge is 0.488 e. The Kier molecular flexibility index (Phi) is 3.01. The molecule has 0 heterocycles. The number of hydrogen-bond acceptors (Lipinski definition) is 2. The van der Waals surface area contributed by atoms with Crippen LogP contribution in [0.4, 0.5) is 0 Å². The molecule has 0 saturated carbocycles. The van der Waals surface area contributed by atoms with Crippen molar-refractivity contribution in [3.8, 4) is 0 Å². The van der Waals surface area contributed by atoms with Crippen LogP contribution in [0.1, 0.15) is 5.56 Å². The normalized spacial score (nSPS) is 10.1. The van der Waals surface area contributed by atoms with E-state index in [9.17, 15) is 0 Å². The van der Waals surface area contributed by atoms with E-state index in [-0.39, 0.29) is 0 Å². The van der Waals surface area contributed by atoms with Crippen LogP contribution in [0.15, 0.2) is 12.1 Å². The van der Waals surface area contributed by atoms with Crippen molar-refractivity contribution in [3.05, 3.63) is 27.7 Å². The van der Waals surface area contributed by atoms with Gasteiger partial charge in [0.15, 0.2) is 0 Å². The molecule has 0 aliphatic carbocycles. The second kappa shape index (κ2) is 3.67. The molecule has 64 valence electrons. The van der Waals surface area contributed by atoms with Gasteiger partial charge in [0, 0.05) is 0 Å². The Bertz CT molecular complexity index is 302. The molecule has 0 amide bonds. The summed E-state index contributed by atoms with van der Waals surface area (Å²) in [5.41, 5.74) is 0.976. The highest BCUT2D eigenvalue weighted by atomic mass is 35.5. The van der Waals surface area contributed by atoms with Gasteiger partial charge in [-0.3, -0.25) is 0 Å². The molecule has 0 aliphatic rings. The maximum Gasteiger partial charge on any atom is 0.488 e. The Morgan fingerprint density at radius 1 is 1.25 bits per heavy atom. The van der Waals surface area contributed by atoms with E-state index in [4.69, 9.17) is 33.2 Å². The van der Waals surface area contributed by atoms with E-state index in [0.29, 0.717) is 21.1 Å². The first kappa shape index (κ1) is 9.87. The van der Waals surface area contributed by atoms with Gasteiger partial charge >= 0.3 is 7.12 Å². The first-order valence-corrected chi connectivity index (χ1v) is 4.10. The van der Waals surface area contributed by atoms with Crippen LogP contribution >= 0.6 is 23.2 Å². The van der Waals surface area contributed by atoms with Crippen LogP contribution in [0.5, 0.6) is 0 Å². The highest BCUT2D eigenvalue weighted by Crippen LogP contribution is 2.23. The predicted molar refractivity (Wildman–Crippen MR) is 51.0 cm³/mol. The SMILES string of the molecule is Cc1c(B(O)O)ccc(Cl)c1Cl. The highest BCUT2D eigenvalue weighted by Gasteiger charge is 2.16. The second-order valence-corrected chi connectivity index (χ2v) is 3.23. The fourth-order valence-corrected chi connectivity index (χ4v) is 1.32. The van der Waals surface area contributed by atoms with Crippen LogP contribution in [0.2, 0.25) is 10.0 Å². The first-order chi connectivity index (χ1) is 5.54. The molecule has 12 heavy (non-hydrogen) atoms. The van der Waals surface area contributed by atoms with Crippen molar-refractivity contribution < 1.29 is 10.0 Å². The third kappa shape index (κ3) is 1.75. The zero-order chi connectivity index (χ0) is 9.30. The summed E-state index contributed by atoms with van der Waals surface area (Å²) in [6.45, 7) is 1.68. The lowest BCUT2D eigenvalue weighted by atomic mass is 9.77. The molecule has 0 atom stereocenters. The molecular weight excluding hydrogens is 198 g/mol. The molecule has 2 N–H and O–H groups in total. The number of hydrogen-bond donors (Lipinski definition) is 2. The lowest BCUT2D eigenvalue weighted by molar-refractivity contribution is 0.425. The summed E-state index contributed by atoms with van der Waals surface area (Å²) in [6.07, 6.45) is 0. The van der Waals surface area contributed by atoms with E-state index in [1.807, 2.05) is 0 Å². The summed E-state index contributed by atoms with van der Waals surface area (Å²) in [6, 6.07) is 3.07. The fraction of sp³-hybridized carbons (Fsp3) is 0.143. The minimum atomic E-state index is -1.50. The van der Waals surface area contributed by atoms with Gasteiger partial charge in [0.2, 0.25) is 0 Å². The molecule has 0 radical (unpaired) electrons. The number of rotatable bonds is 1. The summed E-state index contributed by atoms with van der Waals surface area (Å²) in [7, 11) is -1.50. The molecule has 0 aliphatic heterocycles. The standard InChI is InChI=1S/C7H7BCl2O2/c1-4-5(8(11)12)2-3-6(9)7(4)10/h2-3,11-12H,1H3. The molecule has 0 fully saturated rings. The average molecular weight is 205 g/mol. The van der Waals surface area contributed by atoms with E-state index in [2.05, 4.69) is 0 Å². The molecular formula is C7H7BCl2O2. The smallest absolute Gasteiger partial charge is 0.423 e. The van der Waals surface area contributed by atoms with E-state index in [1.54, 1.807) is 6.92 Å². The van der Waals surface area contributed by atoms with Gasteiger partial charge in [-0.25, -0.2) is 0 Å². The molecule has 0 saturated heterocycles. The molecule has 1 aromatic carbocycles. The molecule has 5 heteroatoms. The predicted octanol–water partition coefficient (Wildman–Crippen LogP) is 0.982. The molecule has 1 aromatic rings. The minimum Gasteiger partial charge on any atom is -0.423 e. The maximum absolute atomic E-state index is 8.87. The van der Waals surface area contributed by atoms with Crippen molar-refractivity contribution in [2.45, 2.75) is 6.92 Å². The van der Waals surface area contributed by atoms with E-state index >= 15 is 0 Å². The van der Waals surface area contributed by atoms with Crippen LogP contribution < -0.4 is 5.46 Å². The molecule has 0 aromatic heterocycles. The Morgan fingerprint density at radius 3 is 2.33 bits per heavy atom. The van der Waals surface area contributed by atoms with Crippen LogP contribution in [-0.2, 0) is 0 Å². The minimum absolute atomic E-state index is 0.363. The summed E-state index contributed by atoms with van der Waals surface area (Å²) in [5, 5.41) is 18.5. The summed E-state index contributed by atoms with van der Waals surface area (Å²) >= 11 is 11.5. The topological polar surface area (TPSA) is 40.5 Å². The van der Waals surface area contributed by atoms with Gasteiger partial charge in [0.1, 0.15) is 0 Å². The van der Waals surface area contributed by atoms with E-state index in [0.717, 1.165) is 0 Å². The second-order valence-electron chi connectivity index (χ2n) is 2.45. The maximum atomic E-state index is 8.87. The Balaban J connectivity index is 3.27. The lowest BCUT2D eigenvalue weighted by Crippen LogP contribution is -2.32. The van der Waals surface area contributed by atoms with Crippen LogP contribution in [0.3, 0.4) is 0 Å². The van der Waals surface area contributed by atoms with Crippen LogP contribution in [0.25, 0.3) is 0 Å². The lowest BCUT2D eigenvalue weighted by Gasteiger charge is -2.06. The Labute approximate surface area is 80.9 Å². The van der Waals surface area contributed by atoms with Gasteiger partial charge in [-0.05, 0) is 24.0 Å². The molecule has 0 spiro atoms. The summed E-state index contributed by atoms with van der Waals surface area (Å²) in [5.74, 6) is 0. The van der Waals surface area contributed by atoms with Crippen molar-refractivity contribution in [2.24, 2.45) is 0 Å². The Morgan fingerprint density at radius 2 is 1.83 bits per heavy atom. The zero-order valence-electron chi connectivity index (χ0n) is 6.38. The summed E-state index contributed by atoms with van der Waals surface area (Å²) in [4.78, 5) is 0. The first-order valence-electron chi connectivity index (χ1n) is 3.34. The zero-order valence-corrected chi connectivity index (χ0v) is 7.89. The van der Waals surface area contributed by atoms with Gasteiger partial charge in [-0.2, -0.15) is 0 Å². The average Bonchev–Trinajstić information content (AvgIpc) is 2.00. The molecule has 0 unspecified atom stereocenters. The molecule has 2 nitrogen and oxygen atoms in total. The quantitative estimate of drug-likeness (QED) is 0.670. The van der Waals surface area contributed by atoms with Gasteiger partial charge in [0.05, 0.1) is 10.0 Å². The number of benzene rings is 1. The van der Waals surface area contributed by atoms with Crippen molar-refractivity contribution in [1.82, 2.24) is 0 Å². The molecule has 1 rings (SSSR count). The highest BCUT2D eigenvalue weighted by molar-refractivity contribution is 6.60.